The zero-order valence-corrected chi connectivity index (χ0v) is 12.2. The van der Waals surface area contributed by atoms with Gasteiger partial charge in [-0.3, -0.25) is 15.5 Å². The van der Waals surface area contributed by atoms with Crippen LogP contribution < -0.4 is 10.8 Å². The van der Waals surface area contributed by atoms with Crippen LogP contribution in [0, 0.1) is 0 Å². The number of carbonyl (C=O) groups is 1. The molecule has 0 saturated carbocycles. The normalized spacial score (nSPS) is 9.26. The molecule has 0 aliphatic rings. The minimum atomic E-state index is -0.0639. The average Bonchev–Trinajstić information content (AvgIpc) is 2.49. The largest absolute Gasteiger partial charge is 0.352 e. The van der Waals surface area contributed by atoms with E-state index in [2.05, 4.69) is 12.2 Å². The fraction of sp³-hybridized carbons (Fsp3) is 0.533. The van der Waals surface area contributed by atoms with E-state index in [0.29, 0.717) is 11.3 Å². The van der Waals surface area contributed by atoms with Crippen molar-refractivity contribution in [2.75, 3.05) is 12.0 Å². The van der Waals surface area contributed by atoms with Gasteiger partial charge in [0.1, 0.15) is 0 Å². The summed E-state index contributed by atoms with van der Waals surface area (Å²) in [5.74, 6) is -0.0639. The summed E-state index contributed by atoms with van der Waals surface area (Å²) in [5, 5.41) is 11.5. The van der Waals surface area contributed by atoms with Crippen molar-refractivity contribution in [2.24, 2.45) is 0 Å². The first-order chi connectivity index (χ1) is 9.27. The van der Waals surface area contributed by atoms with Gasteiger partial charge in [-0.15, -0.1) is 0 Å². The summed E-state index contributed by atoms with van der Waals surface area (Å²) in [5.41, 5.74) is 3.21. The fourth-order valence-corrected chi connectivity index (χ4v) is 1.55. The van der Waals surface area contributed by atoms with Gasteiger partial charge in [-0.25, -0.2) is 0 Å². The van der Waals surface area contributed by atoms with Gasteiger partial charge in [0.15, 0.2) is 0 Å². The molecular weight excluding hydrogens is 240 g/mol. The summed E-state index contributed by atoms with van der Waals surface area (Å²) < 4.78 is 0. The first-order valence-electron chi connectivity index (χ1n) is 7.06. The molecule has 0 heterocycles. The van der Waals surface area contributed by atoms with E-state index in [0.717, 1.165) is 19.4 Å². The van der Waals surface area contributed by atoms with Crippen molar-refractivity contribution in [1.82, 2.24) is 5.32 Å². The third kappa shape index (κ3) is 7.47. The highest BCUT2D eigenvalue weighted by Crippen LogP contribution is 2.08. The second kappa shape index (κ2) is 11.5. The third-order valence-electron chi connectivity index (χ3n) is 2.59. The Balaban J connectivity index is 0.00000154. The van der Waals surface area contributed by atoms with Gasteiger partial charge in [-0.2, -0.15) is 0 Å². The molecule has 108 valence electrons. The summed E-state index contributed by atoms with van der Waals surface area (Å²) in [7, 11) is 0. The smallest absolute Gasteiger partial charge is 0.251 e. The third-order valence-corrected chi connectivity index (χ3v) is 2.59. The Hall–Kier alpha value is -1.55. The number of hydrogen-bond donors (Lipinski definition) is 3. The molecule has 1 aromatic rings. The lowest BCUT2D eigenvalue weighted by atomic mass is 10.2. The zero-order chi connectivity index (χ0) is 14.5. The van der Waals surface area contributed by atoms with Crippen LogP contribution in [0.2, 0.25) is 0 Å². The van der Waals surface area contributed by atoms with E-state index in [1.54, 1.807) is 24.3 Å². The predicted octanol–water partition coefficient (Wildman–Crippen LogP) is 3.82. The molecule has 1 aromatic carbocycles. The molecule has 0 aliphatic heterocycles. The van der Waals surface area contributed by atoms with Crippen molar-refractivity contribution in [3.05, 3.63) is 29.8 Å². The molecule has 4 nitrogen and oxygen atoms in total. The Morgan fingerprint density at radius 2 is 1.74 bits per heavy atom. The molecule has 0 fully saturated rings. The van der Waals surface area contributed by atoms with Crippen molar-refractivity contribution in [3.8, 4) is 0 Å². The standard InChI is InChI=1S/C13H20N2O2.C2H6/c1-2-3-4-5-10-14-13(16)11-6-8-12(15-17)9-7-11;1-2/h6-9,15,17H,2-5,10H2,1H3,(H,14,16);1-2H3. The Labute approximate surface area is 116 Å². The van der Waals surface area contributed by atoms with Gasteiger partial charge in [-0.1, -0.05) is 40.0 Å². The molecule has 0 bridgehead atoms. The quantitative estimate of drug-likeness (QED) is 0.519. The van der Waals surface area contributed by atoms with E-state index in [-0.39, 0.29) is 5.91 Å². The maximum absolute atomic E-state index is 11.7. The summed E-state index contributed by atoms with van der Waals surface area (Å²) in [4.78, 5) is 11.7. The maximum atomic E-state index is 11.7. The van der Waals surface area contributed by atoms with E-state index in [1.165, 1.54) is 12.8 Å². The van der Waals surface area contributed by atoms with Crippen molar-refractivity contribution in [1.29, 1.82) is 0 Å². The Morgan fingerprint density at radius 1 is 1.11 bits per heavy atom. The minimum absolute atomic E-state index is 0.0639. The van der Waals surface area contributed by atoms with Crippen LogP contribution >= 0.6 is 0 Å². The van der Waals surface area contributed by atoms with Gasteiger partial charge < -0.3 is 5.32 Å². The van der Waals surface area contributed by atoms with Crippen LogP contribution in [0.15, 0.2) is 24.3 Å². The molecule has 0 radical (unpaired) electrons. The molecule has 1 rings (SSSR count). The molecular formula is C15H26N2O2. The predicted molar refractivity (Wildman–Crippen MR) is 79.7 cm³/mol. The number of hydrogen-bond acceptors (Lipinski definition) is 3. The molecule has 1 amide bonds. The molecule has 0 aliphatic carbocycles. The summed E-state index contributed by atoms with van der Waals surface area (Å²) in [6.45, 7) is 6.88. The van der Waals surface area contributed by atoms with Gasteiger partial charge >= 0.3 is 0 Å². The lowest BCUT2D eigenvalue weighted by Gasteiger charge is -2.05. The van der Waals surface area contributed by atoms with Gasteiger partial charge in [0.25, 0.3) is 5.91 Å². The molecule has 0 atom stereocenters. The van der Waals surface area contributed by atoms with Gasteiger partial charge in [0.2, 0.25) is 0 Å². The number of anilines is 1. The number of carbonyl (C=O) groups excluding carboxylic acids is 1. The van der Waals surface area contributed by atoms with Crippen molar-refractivity contribution in [3.63, 3.8) is 0 Å². The van der Waals surface area contributed by atoms with E-state index in [4.69, 9.17) is 5.21 Å². The Kier molecular flexibility index (Phi) is 10.6. The van der Waals surface area contributed by atoms with Gasteiger partial charge in [0.05, 0.1) is 5.69 Å². The highest BCUT2D eigenvalue weighted by Gasteiger charge is 2.03. The SMILES string of the molecule is CC.CCCCCCNC(=O)c1ccc(NO)cc1. The maximum Gasteiger partial charge on any atom is 0.251 e. The first-order valence-corrected chi connectivity index (χ1v) is 7.06. The number of rotatable bonds is 7. The van der Waals surface area contributed by atoms with Crippen LogP contribution in [0.1, 0.15) is 56.8 Å². The lowest BCUT2D eigenvalue weighted by molar-refractivity contribution is 0.0953. The van der Waals surface area contributed by atoms with Crippen LogP contribution in [-0.2, 0) is 0 Å². The van der Waals surface area contributed by atoms with Crippen LogP contribution in [0.3, 0.4) is 0 Å². The van der Waals surface area contributed by atoms with Crippen LogP contribution in [0.25, 0.3) is 0 Å². The van der Waals surface area contributed by atoms with Crippen LogP contribution in [0.4, 0.5) is 5.69 Å². The lowest BCUT2D eigenvalue weighted by Crippen LogP contribution is -2.24. The first kappa shape index (κ1) is 17.4. The topological polar surface area (TPSA) is 61.4 Å². The average molecular weight is 266 g/mol. The molecule has 0 unspecified atom stereocenters. The second-order valence-corrected chi connectivity index (χ2v) is 4.01. The van der Waals surface area contributed by atoms with E-state index >= 15 is 0 Å². The zero-order valence-electron chi connectivity index (χ0n) is 12.2. The van der Waals surface area contributed by atoms with Gasteiger partial charge in [-0.05, 0) is 30.7 Å². The molecule has 3 N–H and O–H groups in total. The van der Waals surface area contributed by atoms with E-state index in [9.17, 15) is 4.79 Å². The monoisotopic (exact) mass is 266 g/mol. The van der Waals surface area contributed by atoms with Crippen molar-refractivity contribution in [2.45, 2.75) is 46.5 Å². The highest BCUT2D eigenvalue weighted by atomic mass is 16.5. The second-order valence-electron chi connectivity index (χ2n) is 4.01. The summed E-state index contributed by atoms with van der Waals surface area (Å²) >= 11 is 0. The highest BCUT2D eigenvalue weighted by molar-refractivity contribution is 5.94. The summed E-state index contributed by atoms with van der Waals surface area (Å²) in [6, 6.07) is 6.68. The number of unbranched alkanes of at least 4 members (excludes halogenated alkanes) is 3. The molecule has 4 heteroatoms. The fourth-order valence-electron chi connectivity index (χ4n) is 1.55. The Bertz CT molecular complexity index is 337. The number of amides is 1. The Morgan fingerprint density at radius 3 is 2.26 bits per heavy atom. The summed E-state index contributed by atoms with van der Waals surface area (Å²) in [6.07, 6.45) is 4.59. The molecule has 0 saturated heterocycles. The van der Waals surface area contributed by atoms with Gasteiger partial charge in [0, 0.05) is 12.1 Å². The van der Waals surface area contributed by atoms with E-state index < -0.39 is 0 Å². The van der Waals surface area contributed by atoms with Crippen LogP contribution in [-0.4, -0.2) is 17.7 Å². The molecule has 0 aromatic heterocycles. The van der Waals surface area contributed by atoms with Crippen LogP contribution in [0.5, 0.6) is 0 Å². The number of nitrogens with one attached hydrogen (secondary N) is 2. The van der Waals surface area contributed by atoms with E-state index in [1.807, 2.05) is 19.3 Å². The van der Waals surface area contributed by atoms with Crippen molar-refractivity contribution < 1.29 is 10.0 Å². The molecule has 19 heavy (non-hydrogen) atoms. The molecule has 0 spiro atoms. The number of benzene rings is 1. The van der Waals surface area contributed by atoms with Crippen molar-refractivity contribution >= 4 is 11.6 Å². The minimum Gasteiger partial charge on any atom is -0.352 e.